The van der Waals surface area contributed by atoms with E-state index < -0.39 is 0 Å². The van der Waals surface area contributed by atoms with Crippen LogP contribution in [0.25, 0.3) is 0 Å². The van der Waals surface area contributed by atoms with Crippen molar-refractivity contribution in [3.05, 3.63) is 41.5 Å². The fraction of sp³-hybridized carbons (Fsp3) is 0.500. The number of carbonyl (C=O) groups excluding carboxylic acids is 2. The number of amides is 2. The third-order valence-corrected chi connectivity index (χ3v) is 7.59. The minimum absolute atomic E-state index is 0.0175. The molecular formula is C20H23NO2. The number of anilines is 1. The van der Waals surface area contributed by atoms with E-state index in [1.165, 1.54) is 16.0 Å². The molecular weight excluding hydrogens is 286 g/mol. The van der Waals surface area contributed by atoms with Crippen molar-refractivity contribution in [3.63, 3.8) is 0 Å². The van der Waals surface area contributed by atoms with Gasteiger partial charge in [-0.15, -0.1) is 0 Å². The van der Waals surface area contributed by atoms with E-state index in [-0.39, 0.29) is 34.5 Å². The Hall–Kier alpha value is -1.90. The Bertz CT molecular complexity index is 721. The maximum Gasteiger partial charge on any atom is 0.238 e. The van der Waals surface area contributed by atoms with Gasteiger partial charge < -0.3 is 0 Å². The van der Waals surface area contributed by atoms with Gasteiger partial charge in [0.05, 0.1) is 17.5 Å². The van der Waals surface area contributed by atoms with Gasteiger partial charge in [-0.1, -0.05) is 50.1 Å². The highest BCUT2D eigenvalue weighted by atomic mass is 16.2. The number of para-hydroxylation sites is 1. The van der Waals surface area contributed by atoms with E-state index in [9.17, 15) is 9.59 Å². The molecule has 3 nitrogen and oxygen atoms in total. The Morgan fingerprint density at radius 2 is 1.30 bits per heavy atom. The van der Waals surface area contributed by atoms with Crippen molar-refractivity contribution in [3.8, 4) is 0 Å². The lowest BCUT2D eigenvalue weighted by Crippen LogP contribution is -2.39. The topological polar surface area (TPSA) is 37.4 Å². The van der Waals surface area contributed by atoms with Crippen molar-refractivity contribution in [2.45, 2.75) is 34.6 Å². The second-order valence-corrected chi connectivity index (χ2v) is 7.84. The van der Waals surface area contributed by atoms with Crippen LogP contribution in [0.4, 0.5) is 5.69 Å². The molecule has 0 radical (unpaired) electrons. The number of nitrogens with zero attached hydrogens (tertiary/aromatic N) is 1. The van der Waals surface area contributed by atoms with Gasteiger partial charge >= 0.3 is 0 Å². The largest absolute Gasteiger partial charge is 0.274 e. The molecule has 0 aromatic heterocycles. The first kappa shape index (κ1) is 14.7. The molecule has 1 heterocycles. The maximum absolute atomic E-state index is 13.2. The van der Waals surface area contributed by atoms with Gasteiger partial charge in [-0.05, 0) is 31.9 Å². The Kier molecular flexibility index (Phi) is 2.64. The summed E-state index contributed by atoms with van der Waals surface area (Å²) in [5.41, 5.74) is 2.90. The van der Waals surface area contributed by atoms with Crippen molar-refractivity contribution in [2.75, 3.05) is 4.90 Å². The Morgan fingerprint density at radius 3 is 1.74 bits per heavy atom. The predicted molar refractivity (Wildman–Crippen MR) is 89.7 cm³/mol. The van der Waals surface area contributed by atoms with E-state index in [4.69, 9.17) is 0 Å². The lowest BCUT2D eigenvalue weighted by atomic mass is 9.66. The van der Waals surface area contributed by atoms with Crippen molar-refractivity contribution in [1.29, 1.82) is 0 Å². The summed E-state index contributed by atoms with van der Waals surface area (Å²) in [7, 11) is 0. The average Bonchev–Trinajstić information content (AvgIpc) is 2.96. The summed E-state index contributed by atoms with van der Waals surface area (Å²) >= 11 is 0. The number of benzene rings is 1. The molecule has 3 aliphatic rings. The average molecular weight is 309 g/mol. The van der Waals surface area contributed by atoms with Crippen LogP contribution in [-0.4, -0.2) is 11.8 Å². The van der Waals surface area contributed by atoms with Crippen LogP contribution in [0, 0.1) is 28.6 Å². The van der Waals surface area contributed by atoms with Gasteiger partial charge in [0, 0.05) is 10.8 Å². The molecule has 5 atom stereocenters. The highest BCUT2D eigenvalue weighted by Crippen LogP contribution is 2.74. The van der Waals surface area contributed by atoms with Gasteiger partial charge in [-0.25, -0.2) is 4.90 Å². The Labute approximate surface area is 137 Å². The smallest absolute Gasteiger partial charge is 0.238 e. The van der Waals surface area contributed by atoms with Crippen molar-refractivity contribution < 1.29 is 9.59 Å². The molecule has 0 N–H and O–H groups in total. The van der Waals surface area contributed by atoms with Crippen LogP contribution in [0.5, 0.6) is 0 Å². The molecule has 3 heteroatoms. The standard InChI is InChI=1S/C20H23NO2/c1-11-12(2)20(5)13(3)19(11,4)15-16(20)18(23)21(17(15)22)14-9-7-6-8-10-14/h6-10,13,15-16H,1-5H3/t13?,15-,16+,19-,20+. The van der Waals surface area contributed by atoms with Crippen LogP contribution < -0.4 is 4.90 Å². The molecule has 1 aliphatic heterocycles. The van der Waals surface area contributed by atoms with Crippen molar-refractivity contribution in [1.82, 2.24) is 0 Å². The third kappa shape index (κ3) is 1.34. The van der Waals surface area contributed by atoms with Gasteiger partial charge in [0.1, 0.15) is 0 Å². The first-order valence-electron chi connectivity index (χ1n) is 8.38. The lowest BCUT2D eigenvalue weighted by Gasteiger charge is -2.34. The van der Waals surface area contributed by atoms with E-state index in [0.29, 0.717) is 11.6 Å². The fourth-order valence-corrected chi connectivity index (χ4v) is 5.79. The highest BCUT2D eigenvalue weighted by Gasteiger charge is 2.75. The van der Waals surface area contributed by atoms with Crippen LogP contribution in [0.3, 0.4) is 0 Å². The van der Waals surface area contributed by atoms with Gasteiger partial charge in [0.2, 0.25) is 11.8 Å². The number of fused-ring (bicyclic) bond motifs is 5. The van der Waals surface area contributed by atoms with Crippen LogP contribution in [0.1, 0.15) is 34.6 Å². The van der Waals surface area contributed by atoms with Crippen LogP contribution in [0.15, 0.2) is 41.5 Å². The van der Waals surface area contributed by atoms with Crippen molar-refractivity contribution in [2.24, 2.45) is 28.6 Å². The molecule has 1 saturated heterocycles. The van der Waals surface area contributed by atoms with Crippen LogP contribution in [-0.2, 0) is 9.59 Å². The zero-order valence-corrected chi connectivity index (χ0v) is 14.4. The summed E-state index contributed by atoms with van der Waals surface area (Å²) in [5.74, 6) is -0.166. The third-order valence-electron chi connectivity index (χ3n) is 7.59. The number of imide groups is 1. The molecule has 2 aliphatic carbocycles. The summed E-state index contributed by atoms with van der Waals surface area (Å²) in [4.78, 5) is 27.9. The first-order valence-corrected chi connectivity index (χ1v) is 8.38. The SMILES string of the molecule is CC1=C(C)[C@]2(C)C(C)[C@@]1(C)[C@@H]1C(=O)N(c3ccccc3)C(=O)[C@@H]12. The monoisotopic (exact) mass is 309 g/mol. The summed E-state index contributed by atoms with van der Waals surface area (Å²) < 4.78 is 0. The molecule has 1 saturated carbocycles. The normalized spacial score (nSPS) is 42.0. The molecule has 2 fully saturated rings. The summed E-state index contributed by atoms with van der Waals surface area (Å²) in [6, 6.07) is 9.35. The molecule has 1 aromatic carbocycles. The Balaban J connectivity index is 1.90. The zero-order valence-electron chi connectivity index (χ0n) is 14.4. The van der Waals surface area contributed by atoms with E-state index in [1.54, 1.807) is 0 Å². The predicted octanol–water partition coefficient (Wildman–Crippen LogP) is 3.80. The number of rotatable bonds is 1. The molecule has 1 aromatic rings. The Morgan fingerprint density at radius 1 is 0.870 bits per heavy atom. The first-order chi connectivity index (χ1) is 10.8. The highest BCUT2D eigenvalue weighted by molar-refractivity contribution is 6.23. The summed E-state index contributed by atoms with van der Waals surface area (Å²) in [6.07, 6.45) is 0. The molecule has 4 rings (SSSR count). The second-order valence-electron chi connectivity index (χ2n) is 7.84. The van der Waals surface area contributed by atoms with E-state index in [1.807, 2.05) is 30.3 Å². The number of hydrogen-bond acceptors (Lipinski definition) is 2. The fourth-order valence-electron chi connectivity index (χ4n) is 5.79. The zero-order chi connectivity index (χ0) is 16.7. The van der Waals surface area contributed by atoms with Gasteiger partial charge in [0.15, 0.2) is 0 Å². The minimum Gasteiger partial charge on any atom is -0.274 e. The van der Waals surface area contributed by atoms with E-state index in [2.05, 4.69) is 34.6 Å². The van der Waals surface area contributed by atoms with Crippen LogP contribution >= 0.6 is 0 Å². The number of hydrogen-bond donors (Lipinski definition) is 0. The quantitative estimate of drug-likeness (QED) is 0.584. The van der Waals surface area contributed by atoms with Gasteiger partial charge in [0.25, 0.3) is 0 Å². The van der Waals surface area contributed by atoms with E-state index >= 15 is 0 Å². The van der Waals surface area contributed by atoms with Gasteiger partial charge in [-0.2, -0.15) is 0 Å². The van der Waals surface area contributed by atoms with Gasteiger partial charge in [-0.3, -0.25) is 9.59 Å². The molecule has 2 bridgehead atoms. The number of allylic oxidation sites excluding steroid dienone is 2. The van der Waals surface area contributed by atoms with Crippen molar-refractivity contribution >= 4 is 17.5 Å². The molecule has 0 spiro atoms. The van der Waals surface area contributed by atoms with Crippen LogP contribution in [0.2, 0.25) is 0 Å². The molecule has 23 heavy (non-hydrogen) atoms. The lowest BCUT2D eigenvalue weighted by molar-refractivity contribution is -0.124. The van der Waals surface area contributed by atoms with E-state index in [0.717, 1.165) is 0 Å². The number of carbonyl (C=O) groups is 2. The summed E-state index contributed by atoms with van der Waals surface area (Å²) in [5, 5.41) is 0. The molecule has 120 valence electrons. The summed E-state index contributed by atoms with van der Waals surface area (Å²) in [6.45, 7) is 10.9. The molecule has 1 unspecified atom stereocenters. The minimum atomic E-state index is -0.223. The molecule has 2 amide bonds. The second kappa shape index (κ2) is 4.14. The maximum atomic E-state index is 13.2.